The third kappa shape index (κ3) is 76.9. The van der Waals surface area contributed by atoms with Crippen molar-refractivity contribution in [3.8, 4) is 0 Å². The van der Waals surface area contributed by atoms with Crippen molar-refractivity contribution in [1.82, 2.24) is 0 Å². The Morgan fingerprint density at radius 2 is 0.606 bits per heavy atom. The van der Waals surface area contributed by atoms with Crippen LogP contribution in [0.4, 0.5) is 0 Å². The Labute approximate surface area is 580 Å². The number of phosphoric acid groups is 1. The average Bonchev–Trinajstić information content (AvgIpc) is 1.56. The normalized spacial score (nSPS) is 13.9. The van der Waals surface area contributed by atoms with E-state index in [9.17, 15) is 19.0 Å². The molecule has 0 rings (SSSR count). The maximum atomic E-state index is 12.9. The van der Waals surface area contributed by atoms with Gasteiger partial charge >= 0.3 is 11.9 Å². The van der Waals surface area contributed by atoms with Gasteiger partial charge in [0, 0.05) is 12.8 Å². The zero-order chi connectivity index (χ0) is 68.3. The third-order valence-electron chi connectivity index (χ3n) is 16.3. The minimum Gasteiger partial charge on any atom is -0.756 e. The van der Waals surface area contributed by atoms with Gasteiger partial charge < -0.3 is 27.9 Å². The van der Waals surface area contributed by atoms with Crippen molar-refractivity contribution in [3.05, 3.63) is 146 Å². The van der Waals surface area contributed by atoms with Gasteiger partial charge in [-0.3, -0.25) is 14.2 Å². The van der Waals surface area contributed by atoms with E-state index in [0.717, 1.165) is 128 Å². The summed E-state index contributed by atoms with van der Waals surface area (Å²) in [4.78, 5) is 38.2. The highest BCUT2D eigenvalue weighted by Crippen LogP contribution is 2.38. The zero-order valence-electron chi connectivity index (χ0n) is 61.4. The van der Waals surface area contributed by atoms with Crippen molar-refractivity contribution in [2.24, 2.45) is 0 Å². The first kappa shape index (κ1) is 89.9. The van der Waals surface area contributed by atoms with Crippen LogP contribution in [0.5, 0.6) is 0 Å². The van der Waals surface area contributed by atoms with E-state index in [-0.39, 0.29) is 32.0 Å². The van der Waals surface area contributed by atoms with Crippen molar-refractivity contribution in [2.45, 2.75) is 328 Å². The van der Waals surface area contributed by atoms with E-state index in [1.54, 1.807) is 0 Å². The second kappa shape index (κ2) is 73.1. The molecule has 0 amide bonds. The Morgan fingerprint density at radius 1 is 0.340 bits per heavy atom. The van der Waals surface area contributed by atoms with Gasteiger partial charge in [-0.05, 0) is 122 Å². The number of carbonyl (C=O) groups is 2. The Bertz CT molecular complexity index is 2100. The molecule has 0 aliphatic rings. The molecule has 0 aromatic heterocycles. The Balaban J connectivity index is 4.07. The molecule has 0 saturated heterocycles. The van der Waals surface area contributed by atoms with Crippen molar-refractivity contribution < 1.29 is 42.1 Å². The highest BCUT2D eigenvalue weighted by atomic mass is 31.2. The molecule has 0 aliphatic heterocycles. The molecule has 0 saturated carbocycles. The van der Waals surface area contributed by atoms with E-state index in [0.29, 0.717) is 17.4 Å². The second-order valence-corrected chi connectivity index (χ2v) is 28.0. The fraction of sp³-hybridized carbons (Fsp3) is 0.690. The van der Waals surface area contributed by atoms with Crippen molar-refractivity contribution in [2.75, 3.05) is 47.5 Å². The number of nitrogens with zero attached hydrogens (tertiary/aromatic N) is 1. The van der Waals surface area contributed by atoms with Crippen LogP contribution in [0.3, 0.4) is 0 Å². The van der Waals surface area contributed by atoms with Gasteiger partial charge in [-0.2, -0.15) is 0 Å². The first-order valence-corrected chi connectivity index (χ1v) is 40.0. The summed E-state index contributed by atoms with van der Waals surface area (Å²) in [5.74, 6) is -0.848. The summed E-state index contributed by atoms with van der Waals surface area (Å²) in [5.41, 5.74) is 0. The maximum absolute atomic E-state index is 12.9. The van der Waals surface area contributed by atoms with Crippen LogP contribution in [-0.4, -0.2) is 70.0 Å². The molecule has 538 valence electrons. The summed E-state index contributed by atoms with van der Waals surface area (Å²) in [7, 11) is 1.15. The molecular weight excluding hydrogens is 1180 g/mol. The van der Waals surface area contributed by atoms with E-state index in [1.165, 1.54) is 161 Å². The highest BCUT2D eigenvalue weighted by Gasteiger charge is 2.22. The zero-order valence-corrected chi connectivity index (χ0v) is 62.3. The first-order chi connectivity index (χ1) is 46.0. The smallest absolute Gasteiger partial charge is 0.306 e. The van der Waals surface area contributed by atoms with Crippen LogP contribution in [-0.2, 0) is 32.7 Å². The summed E-state index contributed by atoms with van der Waals surface area (Å²) < 4.78 is 34.4. The molecule has 0 aromatic rings. The van der Waals surface area contributed by atoms with Gasteiger partial charge in [0.1, 0.15) is 19.8 Å². The van der Waals surface area contributed by atoms with Gasteiger partial charge in [0.25, 0.3) is 7.82 Å². The topological polar surface area (TPSA) is 111 Å². The Kier molecular flexibility index (Phi) is 69.9. The maximum Gasteiger partial charge on any atom is 0.306 e. The minimum atomic E-state index is -4.66. The molecule has 2 unspecified atom stereocenters. The van der Waals surface area contributed by atoms with Crippen LogP contribution in [0.1, 0.15) is 322 Å². The van der Waals surface area contributed by atoms with Crippen LogP contribution in [0, 0.1) is 0 Å². The lowest BCUT2D eigenvalue weighted by Crippen LogP contribution is -2.37. The largest absolute Gasteiger partial charge is 0.756 e. The molecule has 0 spiro atoms. The van der Waals surface area contributed by atoms with Gasteiger partial charge in [0.05, 0.1) is 27.7 Å². The number of ether oxygens (including phenoxy) is 2. The number of unbranched alkanes of at least 4 members (excludes halogenated alkanes) is 32. The number of carbonyl (C=O) groups excluding carboxylic acids is 2. The van der Waals surface area contributed by atoms with E-state index in [2.05, 4.69) is 160 Å². The van der Waals surface area contributed by atoms with E-state index >= 15 is 0 Å². The summed E-state index contributed by atoms with van der Waals surface area (Å²) in [6.07, 6.45) is 108. The molecular formula is C84H144NO8P. The van der Waals surface area contributed by atoms with Crippen molar-refractivity contribution >= 4 is 19.8 Å². The SMILES string of the molecule is CC/C=C\C/C=C\C/C=C\C/C=C\C/C=C\C/C=C\C/C=C\C/C=C\C/C=C\C/C=C\CCCCCCCCC(=O)OC(COC(=O)CCCCCCCCCCCCCCCCCCCCCCC/C=C\C/C=C\CCCCCCC)COP(=O)([O-])OCC[N+](C)(C)C. The number of allylic oxidation sites excluding steroid dienone is 24. The van der Waals surface area contributed by atoms with Gasteiger partial charge in [-0.1, -0.05) is 333 Å². The number of rotatable bonds is 70. The minimum absolute atomic E-state index is 0.0398. The molecule has 0 bridgehead atoms. The lowest BCUT2D eigenvalue weighted by molar-refractivity contribution is -0.870. The molecule has 0 N–H and O–H groups in total. The molecule has 9 nitrogen and oxygen atoms in total. The van der Waals surface area contributed by atoms with Gasteiger partial charge in [0.2, 0.25) is 0 Å². The average molecular weight is 1330 g/mol. The number of hydrogen-bond donors (Lipinski definition) is 0. The van der Waals surface area contributed by atoms with Crippen LogP contribution >= 0.6 is 7.82 Å². The predicted octanol–water partition coefficient (Wildman–Crippen LogP) is 25.1. The number of phosphoric ester groups is 1. The van der Waals surface area contributed by atoms with Gasteiger partial charge in [-0.25, -0.2) is 0 Å². The molecule has 0 aliphatic carbocycles. The number of hydrogen-bond acceptors (Lipinski definition) is 8. The molecule has 10 heteroatoms. The Morgan fingerprint density at radius 3 is 0.904 bits per heavy atom. The number of esters is 2. The fourth-order valence-electron chi connectivity index (χ4n) is 10.5. The van der Waals surface area contributed by atoms with Crippen LogP contribution in [0.25, 0.3) is 0 Å². The first-order valence-electron chi connectivity index (χ1n) is 38.5. The Hall–Kier alpha value is -4.11. The summed E-state index contributed by atoms with van der Waals surface area (Å²) in [6.45, 7) is 4.12. The highest BCUT2D eigenvalue weighted by molar-refractivity contribution is 7.45. The lowest BCUT2D eigenvalue weighted by atomic mass is 10.0. The summed E-state index contributed by atoms with van der Waals surface area (Å²) >= 11 is 0. The molecule has 2 atom stereocenters. The standard InChI is InChI=1S/C84H144NO8P/c1-6-8-10-12-14-16-18-20-22-24-26-28-30-32-34-36-38-40-41-42-43-45-47-49-51-53-55-57-59-61-63-65-67-69-71-73-75-77-84(87)93-82(81-92-94(88,89)91-79-78-85(3,4)5)80-90-83(86)76-74-72-70-68-66-64-62-60-58-56-54-52-50-48-46-44-39-37-35-33-31-29-27-25-23-21-19-17-15-13-11-9-7-2/h8,10,14,16,19-22,25-28,32,34,38,40,42-43,47,49,53,55,59,61,82H,6-7,9,11-13,15,17-18,23-24,29-31,33,35-37,39,41,44-46,48,50-52,54,56-58,60,62-81H2,1-5H3/b10-8-,16-14-,21-19-,22-20-,27-25-,28-26-,34-32-,40-38-,43-42-,49-47-,55-53-,61-59-. The van der Waals surface area contributed by atoms with E-state index < -0.39 is 26.5 Å². The summed E-state index contributed by atoms with van der Waals surface area (Å²) in [6, 6.07) is 0. The third-order valence-corrected chi connectivity index (χ3v) is 17.3. The molecule has 0 heterocycles. The summed E-state index contributed by atoms with van der Waals surface area (Å²) in [5, 5.41) is 0. The predicted molar refractivity (Wildman–Crippen MR) is 406 cm³/mol. The molecule has 94 heavy (non-hydrogen) atoms. The van der Waals surface area contributed by atoms with Crippen LogP contribution in [0.15, 0.2) is 146 Å². The van der Waals surface area contributed by atoms with Gasteiger partial charge in [-0.15, -0.1) is 0 Å². The number of likely N-dealkylation sites (N-methyl/N-ethyl adjacent to an activating group) is 1. The fourth-order valence-corrected chi connectivity index (χ4v) is 11.2. The van der Waals surface area contributed by atoms with Crippen LogP contribution < -0.4 is 4.89 Å². The van der Waals surface area contributed by atoms with Crippen LogP contribution in [0.2, 0.25) is 0 Å². The molecule has 0 radical (unpaired) electrons. The van der Waals surface area contributed by atoms with Gasteiger partial charge in [0.15, 0.2) is 6.10 Å². The monoisotopic (exact) mass is 1330 g/mol. The second-order valence-electron chi connectivity index (χ2n) is 26.6. The van der Waals surface area contributed by atoms with Crippen molar-refractivity contribution in [1.29, 1.82) is 0 Å². The van der Waals surface area contributed by atoms with E-state index in [1.807, 2.05) is 21.1 Å². The lowest BCUT2D eigenvalue weighted by Gasteiger charge is -2.28. The van der Waals surface area contributed by atoms with Crippen molar-refractivity contribution in [3.63, 3.8) is 0 Å². The number of quaternary nitrogens is 1. The van der Waals surface area contributed by atoms with E-state index in [4.69, 9.17) is 18.5 Å². The quantitative estimate of drug-likeness (QED) is 0.0195. The molecule has 0 aromatic carbocycles. The molecule has 0 fully saturated rings.